The molecular weight excluding hydrogens is 483 g/mol. The fraction of sp³-hybridized carbons (Fsp3) is 0.235. The van der Waals surface area contributed by atoms with Gasteiger partial charge in [0, 0.05) is 0 Å². The zero-order valence-corrected chi connectivity index (χ0v) is 23.5. The Kier molecular flexibility index (Phi) is 7.39. The molecule has 4 nitrogen and oxygen atoms in total. The maximum absolute atomic E-state index is 6.31. The SMILES string of the molecule is COc1ccc(C(=C(c2ccccc2)c2ccc(B3OC(C)(C)C(C)(C)O3)cc2)c2ccc(OC)cc2)cc1. The van der Waals surface area contributed by atoms with Gasteiger partial charge >= 0.3 is 7.12 Å². The van der Waals surface area contributed by atoms with Crippen LogP contribution in [0.3, 0.4) is 0 Å². The minimum Gasteiger partial charge on any atom is -0.497 e. The second-order valence-electron chi connectivity index (χ2n) is 10.8. The maximum atomic E-state index is 6.31. The summed E-state index contributed by atoms with van der Waals surface area (Å²) in [7, 11) is 2.97. The van der Waals surface area contributed by atoms with Crippen LogP contribution in [0.2, 0.25) is 0 Å². The average molecular weight is 518 g/mol. The molecule has 4 aromatic carbocycles. The largest absolute Gasteiger partial charge is 0.497 e. The first kappa shape index (κ1) is 26.8. The zero-order valence-electron chi connectivity index (χ0n) is 23.5. The van der Waals surface area contributed by atoms with E-state index in [1.165, 1.54) is 0 Å². The molecule has 198 valence electrons. The normalized spacial score (nSPS) is 15.6. The number of hydrogen-bond acceptors (Lipinski definition) is 4. The Balaban J connectivity index is 1.68. The van der Waals surface area contributed by atoms with Crippen LogP contribution < -0.4 is 14.9 Å². The number of ether oxygens (including phenoxy) is 2. The second-order valence-corrected chi connectivity index (χ2v) is 10.8. The van der Waals surface area contributed by atoms with Crippen molar-refractivity contribution in [2.45, 2.75) is 38.9 Å². The summed E-state index contributed by atoms with van der Waals surface area (Å²) in [6.45, 7) is 8.31. The highest BCUT2D eigenvalue weighted by atomic mass is 16.7. The first-order valence-corrected chi connectivity index (χ1v) is 13.3. The molecule has 4 aromatic rings. The van der Waals surface area contributed by atoms with E-state index in [-0.39, 0.29) is 11.2 Å². The van der Waals surface area contributed by atoms with E-state index in [4.69, 9.17) is 18.8 Å². The Labute approximate surface area is 232 Å². The summed E-state index contributed by atoms with van der Waals surface area (Å²) in [6, 6.07) is 35.5. The third kappa shape index (κ3) is 5.38. The Bertz CT molecular complexity index is 1370. The highest BCUT2D eigenvalue weighted by Crippen LogP contribution is 2.39. The van der Waals surface area contributed by atoms with E-state index in [0.29, 0.717) is 0 Å². The van der Waals surface area contributed by atoms with Crippen LogP contribution >= 0.6 is 0 Å². The Morgan fingerprint density at radius 1 is 0.513 bits per heavy atom. The van der Waals surface area contributed by atoms with Gasteiger partial charge in [-0.15, -0.1) is 0 Å². The molecule has 1 aliphatic rings. The number of benzene rings is 4. The lowest BCUT2D eigenvalue weighted by atomic mass is 9.77. The molecule has 39 heavy (non-hydrogen) atoms. The molecule has 5 rings (SSSR count). The quantitative estimate of drug-likeness (QED) is 0.195. The predicted octanol–water partition coefficient (Wildman–Crippen LogP) is 7.01. The van der Waals surface area contributed by atoms with Gasteiger partial charge in [-0.1, -0.05) is 78.9 Å². The van der Waals surface area contributed by atoms with Crippen LogP contribution in [0, 0.1) is 0 Å². The number of methoxy groups -OCH3 is 2. The fourth-order valence-corrected chi connectivity index (χ4v) is 4.82. The average Bonchev–Trinajstić information content (AvgIpc) is 3.18. The third-order valence-electron chi connectivity index (χ3n) is 7.79. The first-order valence-electron chi connectivity index (χ1n) is 13.3. The molecule has 0 N–H and O–H groups in total. The van der Waals surface area contributed by atoms with Crippen LogP contribution in [0.1, 0.15) is 49.9 Å². The number of rotatable bonds is 7. The third-order valence-corrected chi connectivity index (χ3v) is 7.79. The van der Waals surface area contributed by atoms with E-state index < -0.39 is 7.12 Å². The van der Waals surface area contributed by atoms with Gasteiger partial charge in [-0.25, -0.2) is 0 Å². The molecule has 1 heterocycles. The Morgan fingerprint density at radius 2 is 0.872 bits per heavy atom. The minimum atomic E-state index is -0.407. The Hall–Kier alpha value is -3.80. The van der Waals surface area contributed by atoms with E-state index >= 15 is 0 Å². The number of hydrogen-bond donors (Lipinski definition) is 0. The van der Waals surface area contributed by atoms with E-state index in [9.17, 15) is 0 Å². The smallest absolute Gasteiger partial charge is 0.494 e. The van der Waals surface area contributed by atoms with E-state index in [1.807, 2.05) is 30.3 Å². The lowest BCUT2D eigenvalue weighted by molar-refractivity contribution is 0.00578. The van der Waals surface area contributed by atoms with Crippen molar-refractivity contribution in [3.63, 3.8) is 0 Å². The van der Waals surface area contributed by atoms with Crippen molar-refractivity contribution in [3.05, 3.63) is 125 Å². The van der Waals surface area contributed by atoms with Crippen LogP contribution in [0.25, 0.3) is 11.1 Å². The van der Waals surface area contributed by atoms with Crippen molar-refractivity contribution in [1.82, 2.24) is 0 Å². The molecule has 5 heteroatoms. The van der Waals surface area contributed by atoms with Crippen molar-refractivity contribution < 1.29 is 18.8 Å². The summed E-state index contributed by atoms with van der Waals surface area (Å²) in [5.74, 6) is 1.64. The van der Waals surface area contributed by atoms with Gasteiger partial charge in [0.25, 0.3) is 0 Å². The van der Waals surface area contributed by atoms with Crippen LogP contribution in [0.4, 0.5) is 0 Å². The Morgan fingerprint density at radius 3 is 1.26 bits per heavy atom. The van der Waals surface area contributed by atoms with Crippen molar-refractivity contribution in [2.24, 2.45) is 0 Å². The summed E-state index contributed by atoms with van der Waals surface area (Å²) >= 11 is 0. The van der Waals surface area contributed by atoms with E-state index in [0.717, 1.165) is 50.4 Å². The summed E-state index contributed by atoms with van der Waals surface area (Å²) in [6.07, 6.45) is 0. The monoisotopic (exact) mass is 518 g/mol. The molecular formula is C34H35BO4. The minimum absolute atomic E-state index is 0.388. The molecule has 0 unspecified atom stereocenters. The van der Waals surface area contributed by atoms with Gasteiger partial charge in [-0.3, -0.25) is 0 Å². The molecule has 1 saturated heterocycles. The topological polar surface area (TPSA) is 36.9 Å². The first-order chi connectivity index (χ1) is 18.7. The van der Waals surface area contributed by atoms with Gasteiger partial charge in [0.1, 0.15) is 11.5 Å². The predicted molar refractivity (Wildman–Crippen MR) is 160 cm³/mol. The summed E-state index contributed by atoms with van der Waals surface area (Å²) in [5, 5.41) is 0. The summed E-state index contributed by atoms with van der Waals surface area (Å²) < 4.78 is 23.5. The maximum Gasteiger partial charge on any atom is 0.494 e. The van der Waals surface area contributed by atoms with Crippen LogP contribution in [0.15, 0.2) is 103 Å². The molecule has 0 saturated carbocycles. The van der Waals surface area contributed by atoms with Gasteiger partial charge < -0.3 is 18.8 Å². The summed E-state index contributed by atoms with van der Waals surface area (Å²) in [4.78, 5) is 0. The molecule has 0 aromatic heterocycles. The molecule has 0 spiro atoms. The van der Waals surface area contributed by atoms with Crippen LogP contribution in [-0.4, -0.2) is 32.5 Å². The molecule has 0 bridgehead atoms. The van der Waals surface area contributed by atoms with E-state index in [2.05, 4.69) is 100 Å². The van der Waals surface area contributed by atoms with Gasteiger partial charge in [0.15, 0.2) is 0 Å². The van der Waals surface area contributed by atoms with Crippen molar-refractivity contribution in [2.75, 3.05) is 14.2 Å². The van der Waals surface area contributed by atoms with Gasteiger partial charge in [0.05, 0.1) is 25.4 Å². The van der Waals surface area contributed by atoms with Crippen LogP contribution in [-0.2, 0) is 9.31 Å². The molecule has 0 radical (unpaired) electrons. The molecule has 1 aliphatic heterocycles. The highest BCUT2D eigenvalue weighted by Gasteiger charge is 2.51. The van der Waals surface area contributed by atoms with Crippen LogP contribution in [0.5, 0.6) is 11.5 Å². The van der Waals surface area contributed by atoms with Crippen molar-refractivity contribution >= 4 is 23.7 Å². The molecule has 0 amide bonds. The van der Waals surface area contributed by atoms with Gasteiger partial charge in [-0.05, 0) is 90.8 Å². The van der Waals surface area contributed by atoms with Gasteiger partial charge in [0.2, 0.25) is 0 Å². The fourth-order valence-electron chi connectivity index (χ4n) is 4.82. The lowest BCUT2D eigenvalue weighted by Crippen LogP contribution is -2.41. The van der Waals surface area contributed by atoms with Crippen molar-refractivity contribution in [3.8, 4) is 11.5 Å². The molecule has 1 fully saturated rings. The lowest BCUT2D eigenvalue weighted by Gasteiger charge is -2.32. The molecule has 0 atom stereocenters. The van der Waals surface area contributed by atoms with E-state index in [1.54, 1.807) is 14.2 Å². The highest BCUT2D eigenvalue weighted by molar-refractivity contribution is 6.62. The zero-order chi connectivity index (χ0) is 27.6. The van der Waals surface area contributed by atoms with Crippen molar-refractivity contribution in [1.29, 1.82) is 0 Å². The summed E-state index contributed by atoms with van der Waals surface area (Å²) in [5.41, 5.74) is 6.89. The van der Waals surface area contributed by atoms with Gasteiger partial charge in [-0.2, -0.15) is 0 Å². The second kappa shape index (κ2) is 10.8. The standard InChI is InChI=1S/C34H35BO4/c1-33(2)34(3,4)39-35(38-33)28-18-12-25(13-19-28)31(24-10-8-7-9-11-24)32(26-14-20-29(36-5)21-15-26)27-16-22-30(37-6)23-17-27/h7-23H,1-6H3. The molecule has 0 aliphatic carbocycles.